The highest BCUT2D eigenvalue weighted by molar-refractivity contribution is 6.19. The van der Waals surface area contributed by atoms with Crippen LogP contribution in [0.5, 0.6) is 5.88 Å². The average Bonchev–Trinajstić information content (AvgIpc) is 2.92. The van der Waals surface area contributed by atoms with E-state index in [-0.39, 0.29) is 11.2 Å². The number of ether oxygens (including phenoxy) is 1. The minimum Gasteiger partial charge on any atom is -0.481 e. The molecule has 4 heteroatoms. The summed E-state index contributed by atoms with van der Waals surface area (Å²) in [5, 5.41) is 0.977. The number of aromatic nitrogens is 2. The van der Waals surface area contributed by atoms with E-state index in [1.165, 1.54) is 5.56 Å². The van der Waals surface area contributed by atoms with Crippen LogP contribution in [-0.4, -0.2) is 22.9 Å². The van der Waals surface area contributed by atoms with Gasteiger partial charge in [-0.05, 0) is 38.5 Å². The number of nitrogens with one attached hydrogen (secondary N) is 1. The number of carbonyl (C=O) groups is 1. The number of methoxy groups -OCH3 is 1. The molecular weight excluding hydrogens is 288 g/mol. The molecule has 0 amide bonds. The number of H-pyrrole nitrogens is 1. The molecule has 0 atom stereocenters. The lowest BCUT2D eigenvalue weighted by Gasteiger charge is -2.30. The van der Waals surface area contributed by atoms with Gasteiger partial charge in [-0.25, -0.2) is 4.98 Å². The topological polar surface area (TPSA) is 55.0 Å². The predicted octanol–water partition coefficient (Wildman–Crippen LogP) is 3.75. The van der Waals surface area contributed by atoms with Crippen molar-refractivity contribution < 1.29 is 9.53 Å². The van der Waals surface area contributed by atoms with Gasteiger partial charge in [0.25, 0.3) is 0 Å². The van der Waals surface area contributed by atoms with Crippen LogP contribution in [0.15, 0.2) is 30.3 Å². The van der Waals surface area contributed by atoms with E-state index >= 15 is 0 Å². The van der Waals surface area contributed by atoms with Crippen LogP contribution in [0.4, 0.5) is 0 Å². The molecule has 3 aromatic rings. The highest BCUT2D eigenvalue weighted by Crippen LogP contribution is 2.43. The number of fused-ring (bicyclic) bond motifs is 4. The molecule has 4 rings (SSSR count). The lowest BCUT2D eigenvalue weighted by Crippen LogP contribution is -2.31. The van der Waals surface area contributed by atoms with Crippen LogP contribution < -0.4 is 4.74 Å². The Kier molecular flexibility index (Phi) is 2.71. The maximum Gasteiger partial charge on any atom is 0.213 e. The first kappa shape index (κ1) is 14.0. The number of carbonyl (C=O) groups excluding carboxylic acids is 1. The van der Waals surface area contributed by atoms with Crippen molar-refractivity contribution in [2.24, 2.45) is 0 Å². The Morgan fingerprint density at radius 1 is 1.17 bits per heavy atom. The van der Waals surface area contributed by atoms with Gasteiger partial charge in [-0.1, -0.05) is 12.1 Å². The second kappa shape index (κ2) is 4.44. The minimum atomic E-state index is -0.389. The Balaban J connectivity index is 2.07. The highest BCUT2D eigenvalue weighted by atomic mass is 16.5. The summed E-state index contributed by atoms with van der Waals surface area (Å²) >= 11 is 0. The van der Waals surface area contributed by atoms with Crippen LogP contribution in [0.1, 0.15) is 46.7 Å². The zero-order valence-electron chi connectivity index (χ0n) is 13.7. The normalized spacial score (nSPS) is 15.4. The van der Waals surface area contributed by atoms with Gasteiger partial charge in [0, 0.05) is 33.6 Å². The van der Waals surface area contributed by atoms with Crippen molar-refractivity contribution in [3.05, 3.63) is 58.4 Å². The molecular formula is C19H18N2O2. The molecule has 116 valence electrons. The van der Waals surface area contributed by atoms with Gasteiger partial charge in [-0.15, -0.1) is 0 Å². The third kappa shape index (κ3) is 1.78. The van der Waals surface area contributed by atoms with Crippen molar-refractivity contribution in [3.8, 4) is 5.88 Å². The number of benzene rings is 1. The van der Waals surface area contributed by atoms with E-state index in [2.05, 4.69) is 29.9 Å². The molecule has 0 unspecified atom stereocenters. The third-order valence-electron chi connectivity index (χ3n) is 4.72. The van der Waals surface area contributed by atoms with E-state index in [4.69, 9.17) is 4.74 Å². The van der Waals surface area contributed by atoms with Crippen LogP contribution in [0.2, 0.25) is 0 Å². The fourth-order valence-corrected chi connectivity index (χ4v) is 3.48. The zero-order chi connectivity index (χ0) is 16.4. The van der Waals surface area contributed by atoms with Gasteiger partial charge in [0.15, 0.2) is 5.78 Å². The van der Waals surface area contributed by atoms with Crippen LogP contribution in [0.3, 0.4) is 0 Å². The Morgan fingerprint density at radius 2 is 1.96 bits per heavy atom. The van der Waals surface area contributed by atoms with Crippen LogP contribution >= 0.6 is 0 Å². The van der Waals surface area contributed by atoms with E-state index in [1.807, 2.05) is 25.1 Å². The largest absolute Gasteiger partial charge is 0.481 e. The van der Waals surface area contributed by atoms with Crippen molar-refractivity contribution in [1.82, 2.24) is 9.97 Å². The van der Waals surface area contributed by atoms with Gasteiger partial charge in [-0.2, -0.15) is 0 Å². The van der Waals surface area contributed by atoms with E-state index in [0.717, 1.165) is 27.9 Å². The van der Waals surface area contributed by atoms with Gasteiger partial charge in [0.2, 0.25) is 5.88 Å². The Morgan fingerprint density at radius 3 is 2.70 bits per heavy atom. The molecule has 23 heavy (non-hydrogen) atoms. The van der Waals surface area contributed by atoms with Crippen LogP contribution in [0, 0.1) is 6.92 Å². The average molecular weight is 306 g/mol. The molecule has 2 aromatic heterocycles. The summed E-state index contributed by atoms with van der Waals surface area (Å²) in [6.45, 7) is 6.23. The third-order valence-corrected chi connectivity index (χ3v) is 4.72. The summed E-state index contributed by atoms with van der Waals surface area (Å²) in [6.07, 6.45) is 0. The molecule has 1 aliphatic carbocycles. The number of hydrogen-bond donors (Lipinski definition) is 1. The lowest BCUT2D eigenvalue weighted by molar-refractivity contribution is 0.103. The van der Waals surface area contributed by atoms with E-state index < -0.39 is 0 Å². The Hall–Kier alpha value is -2.62. The quantitative estimate of drug-likeness (QED) is 0.745. The second-order valence-electron chi connectivity index (χ2n) is 6.63. The summed E-state index contributed by atoms with van der Waals surface area (Å²) in [5.74, 6) is 0.555. The Labute approximate surface area is 134 Å². The van der Waals surface area contributed by atoms with Gasteiger partial charge < -0.3 is 9.72 Å². The van der Waals surface area contributed by atoms with Crippen LogP contribution in [0.25, 0.3) is 10.9 Å². The summed E-state index contributed by atoms with van der Waals surface area (Å²) in [6, 6.07) is 9.71. The van der Waals surface area contributed by atoms with Crippen molar-refractivity contribution in [2.45, 2.75) is 26.2 Å². The molecule has 0 fully saturated rings. The number of ketones is 1. The SMILES string of the molecule is COc1ccc2c(n1)C(C)(C)c1[nH]c3cc(C)ccc3c1C2=O. The first-order valence-corrected chi connectivity index (χ1v) is 7.66. The molecule has 0 radical (unpaired) electrons. The first-order chi connectivity index (χ1) is 10.9. The van der Waals surface area contributed by atoms with Gasteiger partial charge in [0.1, 0.15) is 0 Å². The van der Waals surface area contributed by atoms with Crippen molar-refractivity contribution >= 4 is 16.7 Å². The number of nitrogens with zero attached hydrogens (tertiary/aromatic N) is 1. The molecule has 1 aromatic carbocycles. The fraction of sp³-hybridized carbons (Fsp3) is 0.263. The molecule has 0 aliphatic heterocycles. The number of pyridine rings is 1. The number of rotatable bonds is 1. The monoisotopic (exact) mass is 306 g/mol. The zero-order valence-corrected chi connectivity index (χ0v) is 13.7. The van der Waals surface area contributed by atoms with E-state index in [9.17, 15) is 4.79 Å². The summed E-state index contributed by atoms with van der Waals surface area (Å²) in [7, 11) is 1.59. The molecule has 0 saturated heterocycles. The van der Waals surface area contributed by atoms with Gasteiger partial charge >= 0.3 is 0 Å². The smallest absolute Gasteiger partial charge is 0.213 e. The summed E-state index contributed by atoms with van der Waals surface area (Å²) in [5.41, 5.74) is 4.89. The summed E-state index contributed by atoms with van der Waals surface area (Å²) < 4.78 is 5.24. The molecule has 1 N–H and O–H groups in total. The maximum absolute atomic E-state index is 13.1. The van der Waals surface area contributed by atoms with Crippen LogP contribution in [-0.2, 0) is 5.41 Å². The van der Waals surface area contributed by atoms with Crippen molar-refractivity contribution in [3.63, 3.8) is 0 Å². The molecule has 4 nitrogen and oxygen atoms in total. The minimum absolute atomic E-state index is 0.0274. The highest BCUT2D eigenvalue weighted by Gasteiger charge is 2.41. The van der Waals surface area contributed by atoms with E-state index in [0.29, 0.717) is 11.4 Å². The number of hydrogen-bond acceptors (Lipinski definition) is 3. The molecule has 1 aliphatic rings. The van der Waals surface area contributed by atoms with E-state index in [1.54, 1.807) is 13.2 Å². The number of aryl methyl sites for hydroxylation is 1. The second-order valence-corrected chi connectivity index (χ2v) is 6.63. The molecule has 0 spiro atoms. The van der Waals surface area contributed by atoms with Crippen molar-refractivity contribution in [2.75, 3.05) is 7.11 Å². The predicted molar refractivity (Wildman–Crippen MR) is 89.4 cm³/mol. The standard InChI is InChI=1S/C19H18N2O2/c1-10-5-6-11-13(9-10)20-18-15(11)16(22)12-7-8-14(23-4)21-17(12)19(18,2)3/h5-9,20H,1-4H3. The molecule has 2 heterocycles. The van der Waals surface area contributed by atoms with Gasteiger partial charge in [-0.3, -0.25) is 4.79 Å². The maximum atomic E-state index is 13.1. The number of aromatic amines is 1. The Bertz CT molecular complexity index is 967. The molecule has 0 saturated carbocycles. The summed E-state index contributed by atoms with van der Waals surface area (Å²) in [4.78, 5) is 21.1. The fourth-order valence-electron chi connectivity index (χ4n) is 3.48. The molecule has 0 bridgehead atoms. The first-order valence-electron chi connectivity index (χ1n) is 7.66. The lowest BCUT2D eigenvalue weighted by atomic mass is 9.74. The van der Waals surface area contributed by atoms with Crippen molar-refractivity contribution in [1.29, 1.82) is 0 Å². The van der Waals surface area contributed by atoms with Gasteiger partial charge in [0.05, 0.1) is 18.4 Å².